The molecule has 1 N–H and O–H groups in total. The molecule has 0 spiro atoms. The minimum atomic E-state index is -1.09. The van der Waals surface area contributed by atoms with Gasteiger partial charge in [-0.25, -0.2) is 4.79 Å². The van der Waals surface area contributed by atoms with E-state index < -0.39 is 14.2 Å². The fraction of sp³-hybridized carbons (Fsp3) is 0.875. The van der Waals surface area contributed by atoms with Crippen LogP contribution in [0.1, 0.15) is 0 Å². The Bertz CT molecular complexity index is 156. The van der Waals surface area contributed by atoms with Crippen LogP contribution in [0.4, 0.5) is 4.79 Å². The lowest BCUT2D eigenvalue weighted by molar-refractivity contribution is 0.124. The molecule has 0 aromatic heterocycles. The zero-order valence-electron chi connectivity index (χ0n) is 8.85. The first-order valence-corrected chi connectivity index (χ1v) is 8.06. The Labute approximate surface area is 80.6 Å². The monoisotopic (exact) mass is 205 g/mol. The summed E-state index contributed by atoms with van der Waals surface area (Å²) < 4.78 is 9.58. The first-order valence-electron chi connectivity index (χ1n) is 4.35. The molecule has 0 bridgehead atoms. The van der Waals surface area contributed by atoms with Gasteiger partial charge >= 0.3 is 6.09 Å². The Morgan fingerprint density at radius 3 is 2.46 bits per heavy atom. The van der Waals surface area contributed by atoms with Crippen LogP contribution >= 0.6 is 0 Å². The van der Waals surface area contributed by atoms with Crippen molar-refractivity contribution < 1.29 is 14.3 Å². The highest BCUT2D eigenvalue weighted by molar-refractivity contribution is 6.76. The highest BCUT2D eigenvalue weighted by Gasteiger charge is 2.13. The van der Waals surface area contributed by atoms with E-state index in [0.717, 1.165) is 6.04 Å². The van der Waals surface area contributed by atoms with Gasteiger partial charge in [0.05, 0.1) is 6.61 Å². The van der Waals surface area contributed by atoms with Gasteiger partial charge in [-0.2, -0.15) is 0 Å². The van der Waals surface area contributed by atoms with Crippen LogP contribution in [0.5, 0.6) is 0 Å². The maximum absolute atomic E-state index is 10.9. The van der Waals surface area contributed by atoms with Crippen LogP contribution in [0, 0.1) is 0 Å². The summed E-state index contributed by atoms with van der Waals surface area (Å²) in [6.07, 6.45) is -0.403. The predicted molar refractivity (Wildman–Crippen MR) is 54.5 cm³/mol. The third kappa shape index (κ3) is 9.36. The van der Waals surface area contributed by atoms with Gasteiger partial charge in [-0.3, -0.25) is 5.32 Å². The van der Waals surface area contributed by atoms with Crippen LogP contribution in [0.25, 0.3) is 0 Å². The van der Waals surface area contributed by atoms with Gasteiger partial charge in [-0.05, 0) is 6.04 Å². The molecule has 5 heteroatoms. The summed E-state index contributed by atoms with van der Waals surface area (Å²) in [5.41, 5.74) is 0. The Morgan fingerprint density at radius 1 is 1.38 bits per heavy atom. The second kappa shape index (κ2) is 5.99. The number of carbonyl (C=O) groups is 1. The predicted octanol–water partition coefficient (Wildman–Crippen LogP) is 1.65. The Morgan fingerprint density at radius 2 is 2.00 bits per heavy atom. The standard InChI is InChI=1S/C8H19NO3Si/c1-11-7-9-8(10)12-5-6-13(2,3)4/h5-7H2,1-4H3,(H,9,10). The lowest BCUT2D eigenvalue weighted by atomic mass is 10.8. The lowest BCUT2D eigenvalue weighted by Crippen LogP contribution is -2.29. The van der Waals surface area contributed by atoms with E-state index in [1.807, 2.05) is 0 Å². The molecule has 0 aliphatic rings. The van der Waals surface area contributed by atoms with Crippen LogP contribution < -0.4 is 5.32 Å². The van der Waals surface area contributed by atoms with Crippen molar-refractivity contribution in [2.45, 2.75) is 25.7 Å². The molecule has 0 unspecified atom stereocenters. The van der Waals surface area contributed by atoms with E-state index in [1.165, 1.54) is 7.11 Å². The molecule has 0 aliphatic heterocycles. The Hall–Kier alpha value is -0.553. The average molecular weight is 205 g/mol. The number of rotatable bonds is 5. The summed E-state index contributed by atoms with van der Waals surface area (Å²) in [7, 11) is 0.425. The van der Waals surface area contributed by atoms with Crippen molar-refractivity contribution in [3.8, 4) is 0 Å². The van der Waals surface area contributed by atoms with Gasteiger partial charge in [0.1, 0.15) is 6.73 Å². The van der Waals surface area contributed by atoms with Gasteiger partial charge in [-0.1, -0.05) is 19.6 Å². The van der Waals surface area contributed by atoms with Gasteiger partial charge in [0.2, 0.25) is 0 Å². The maximum Gasteiger partial charge on any atom is 0.408 e. The molecule has 0 rings (SSSR count). The summed E-state index contributed by atoms with van der Waals surface area (Å²) in [5.74, 6) is 0. The third-order valence-corrected chi connectivity index (χ3v) is 3.15. The molecule has 0 radical (unpaired) electrons. The molecule has 0 saturated carbocycles. The summed E-state index contributed by atoms with van der Waals surface area (Å²) >= 11 is 0. The van der Waals surface area contributed by atoms with E-state index in [0.29, 0.717) is 6.61 Å². The molecular formula is C8H19NO3Si. The number of amides is 1. The summed E-state index contributed by atoms with van der Waals surface area (Å²) in [6.45, 7) is 7.42. The SMILES string of the molecule is COCNC(=O)OCC[Si](C)(C)C. The van der Waals surface area contributed by atoms with Crippen molar-refractivity contribution >= 4 is 14.2 Å². The van der Waals surface area contributed by atoms with Crippen molar-refractivity contribution in [2.75, 3.05) is 20.4 Å². The zero-order valence-corrected chi connectivity index (χ0v) is 9.85. The topological polar surface area (TPSA) is 47.6 Å². The fourth-order valence-electron chi connectivity index (χ4n) is 0.632. The van der Waals surface area contributed by atoms with Crippen molar-refractivity contribution in [1.82, 2.24) is 5.32 Å². The molecule has 0 aliphatic carbocycles. The lowest BCUT2D eigenvalue weighted by Gasteiger charge is -2.15. The van der Waals surface area contributed by atoms with Crippen molar-refractivity contribution in [1.29, 1.82) is 0 Å². The molecule has 78 valence electrons. The van der Waals surface area contributed by atoms with Crippen molar-refractivity contribution in [3.05, 3.63) is 0 Å². The molecule has 0 aromatic carbocycles. The highest BCUT2D eigenvalue weighted by atomic mass is 28.3. The molecule has 0 heterocycles. The largest absolute Gasteiger partial charge is 0.450 e. The van der Waals surface area contributed by atoms with Gasteiger partial charge < -0.3 is 9.47 Å². The molecule has 1 amide bonds. The fourth-order valence-corrected chi connectivity index (χ4v) is 1.35. The van der Waals surface area contributed by atoms with Crippen LogP contribution in [-0.2, 0) is 9.47 Å². The smallest absolute Gasteiger partial charge is 0.408 e. The Kier molecular flexibility index (Phi) is 5.73. The molecule has 0 saturated heterocycles. The van der Waals surface area contributed by atoms with E-state index in [9.17, 15) is 4.79 Å². The second-order valence-corrected chi connectivity index (χ2v) is 9.68. The minimum absolute atomic E-state index is 0.200. The number of nitrogens with one attached hydrogen (secondary N) is 1. The minimum Gasteiger partial charge on any atom is -0.450 e. The normalized spacial score (nSPS) is 11.1. The van der Waals surface area contributed by atoms with Gasteiger partial charge in [0.15, 0.2) is 0 Å². The summed E-state index contributed by atoms with van der Waals surface area (Å²) in [4.78, 5) is 10.9. The third-order valence-electron chi connectivity index (χ3n) is 1.45. The van der Waals surface area contributed by atoms with Crippen LogP contribution in [0.15, 0.2) is 0 Å². The molecule has 4 nitrogen and oxygen atoms in total. The van der Waals surface area contributed by atoms with Gasteiger partial charge in [0, 0.05) is 15.2 Å². The first-order chi connectivity index (χ1) is 5.95. The van der Waals surface area contributed by atoms with Crippen molar-refractivity contribution in [3.63, 3.8) is 0 Å². The Balaban J connectivity index is 3.37. The molecule has 13 heavy (non-hydrogen) atoms. The number of alkyl carbamates (subject to hydrolysis) is 1. The average Bonchev–Trinajstić information content (AvgIpc) is 1.98. The molecule has 0 aromatic rings. The number of ether oxygens (including phenoxy) is 2. The van der Waals surface area contributed by atoms with E-state index in [1.54, 1.807) is 0 Å². The number of hydrogen-bond acceptors (Lipinski definition) is 3. The number of hydrogen-bond donors (Lipinski definition) is 1. The van der Waals surface area contributed by atoms with E-state index >= 15 is 0 Å². The van der Waals surface area contributed by atoms with Crippen molar-refractivity contribution in [2.24, 2.45) is 0 Å². The summed E-state index contributed by atoms with van der Waals surface area (Å²) in [5, 5.41) is 2.45. The van der Waals surface area contributed by atoms with E-state index in [-0.39, 0.29) is 6.73 Å². The molecule has 0 fully saturated rings. The van der Waals surface area contributed by atoms with Gasteiger partial charge in [0.25, 0.3) is 0 Å². The zero-order chi connectivity index (χ0) is 10.3. The molecule has 0 atom stereocenters. The van der Waals surface area contributed by atoms with E-state index in [4.69, 9.17) is 4.74 Å². The van der Waals surface area contributed by atoms with Gasteiger partial charge in [-0.15, -0.1) is 0 Å². The summed E-state index contributed by atoms with van der Waals surface area (Å²) in [6, 6.07) is 0.993. The number of methoxy groups -OCH3 is 1. The highest BCUT2D eigenvalue weighted by Crippen LogP contribution is 2.07. The maximum atomic E-state index is 10.9. The quantitative estimate of drug-likeness (QED) is 0.548. The van der Waals surface area contributed by atoms with Crippen LogP contribution in [0.2, 0.25) is 25.7 Å². The van der Waals surface area contributed by atoms with Crippen LogP contribution in [-0.4, -0.2) is 34.6 Å². The molecular weight excluding hydrogens is 186 g/mol. The number of carbonyl (C=O) groups excluding carboxylic acids is 1. The van der Waals surface area contributed by atoms with Crippen LogP contribution in [0.3, 0.4) is 0 Å². The second-order valence-electron chi connectivity index (χ2n) is 4.06. The first kappa shape index (κ1) is 12.4. The van der Waals surface area contributed by atoms with E-state index in [2.05, 4.69) is 29.7 Å².